The van der Waals surface area contributed by atoms with E-state index in [0.717, 1.165) is 54.5 Å². The third kappa shape index (κ3) is 5.99. The van der Waals surface area contributed by atoms with Gasteiger partial charge in [-0.3, -0.25) is 19.5 Å². The maximum absolute atomic E-state index is 13.7. The van der Waals surface area contributed by atoms with Crippen LogP contribution in [0.25, 0.3) is 11.6 Å². The van der Waals surface area contributed by atoms with Crippen LogP contribution in [0, 0.1) is 17.8 Å². The van der Waals surface area contributed by atoms with Crippen LogP contribution in [0.5, 0.6) is 5.75 Å². The number of hydrogen-bond donors (Lipinski definition) is 3. The molecule has 2 heterocycles. The second-order valence-corrected chi connectivity index (χ2v) is 11.9. The van der Waals surface area contributed by atoms with Crippen molar-refractivity contribution in [2.75, 3.05) is 6.61 Å². The summed E-state index contributed by atoms with van der Waals surface area (Å²) in [6, 6.07) is 10.4. The summed E-state index contributed by atoms with van der Waals surface area (Å²) in [4.78, 5) is 33.3. The summed E-state index contributed by atoms with van der Waals surface area (Å²) >= 11 is 6.39. The molecule has 3 aliphatic rings. The van der Waals surface area contributed by atoms with Crippen molar-refractivity contribution in [3.63, 3.8) is 0 Å². The highest BCUT2D eigenvalue weighted by Crippen LogP contribution is 2.48. The molecule has 1 saturated carbocycles. The minimum Gasteiger partial charge on any atom is -0.508 e. The van der Waals surface area contributed by atoms with Gasteiger partial charge in [-0.25, -0.2) is 0 Å². The van der Waals surface area contributed by atoms with Crippen molar-refractivity contribution in [2.45, 2.75) is 76.9 Å². The molecule has 2 amide bonds. The molecule has 1 aliphatic heterocycles. The number of phenolic OH excluding ortho intramolecular Hbond substituents is 1. The summed E-state index contributed by atoms with van der Waals surface area (Å²) in [5.74, 6) is -1.88. The Bertz CT molecular complexity index is 1330. The molecule has 41 heavy (non-hydrogen) atoms. The molecule has 0 bridgehead atoms. The predicted molar refractivity (Wildman–Crippen MR) is 159 cm³/mol. The normalized spacial score (nSPS) is 24.6. The van der Waals surface area contributed by atoms with Gasteiger partial charge >= 0.3 is 0 Å². The fraction of sp³-hybridized carbons (Fsp3) is 0.485. The molecule has 2 fully saturated rings. The first-order valence-corrected chi connectivity index (χ1v) is 15.2. The molecule has 2 aliphatic carbocycles. The fourth-order valence-electron chi connectivity index (χ4n) is 7.12. The number of amides is 2. The maximum atomic E-state index is 13.7. The van der Waals surface area contributed by atoms with Gasteiger partial charge in [-0.2, -0.15) is 0 Å². The Labute approximate surface area is 246 Å². The number of rotatable bonds is 9. The second kappa shape index (κ2) is 12.9. The number of allylic oxidation sites excluding steroid dienone is 2. The number of carbonyl (C=O) groups is 2. The lowest BCUT2D eigenvalue weighted by atomic mass is 9.67. The number of benzene rings is 1. The molecule has 0 unspecified atom stereocenters. The highest BCUT2D eigenvalue weighted by Gasteiger charge is 2.56. The molecule has 0 spiro atoms. The van der Waals surface area contributed by atoms with Crippen molar-refractivity contribution in [2.24, 2.45) is 17.8 Å². The smallest absolute Gasteiger partial charge is 0.234 e. The van der Waals surface area contributed by atoms with Crippen molar-refractivity contribution >= 4 is 35.1 Å². The Hall–Kier alpha value is -3.00. The average Bonchev–Trinajstić information content (AvgIpc) is 3.24. The number of aliphatic hydroxyl groups excluding tert-OH is 2. The maximum Gasteiger partial charge on any atom is 0.234 e. The van der Waals surface area contributed by atoms with Crippen LogP contribution in [-0.2, 0) is 9.59 Å². The van der Waals surface area contributed by atoms with Crippen molar-refractivity contribution in [1.82, 2.24) is 9.88 Å². The van der Waals surface area contributed by atoms with E-state index in [-0.39, 0.29) is 30.2 Å². The molecule has 0 radical (unpaired) electrons. The molecular formula is C33H39ClN2O5. The highest BCUT2D eigenvalue weighted by atomic mass is 35.5. The molecule has 218 valence electrons. The Balaban J connectivity index is 1.41. The van der Waals surface area contributed by atoms with Crippen LogP contribution in [0.3, 0.4) is 0 Å². The zero-order chi connectivity index (χ0) is 29.1. The Morgan fingerprint density at radius 3 is 2.59 bits per heavy atom. The molecular weight excluding hydrogens is 540 g/mol. The SMILES string of the molecule is CCC1=C([C@H](O)CC/C(=C/c2ccc(O)cc2Cl)c2ccccn2)[C@H](CO)[C@@H]2C(=O)N(C3CCCCC3)C(=O)[C@@H]2C1. The summed E-state index contributed by atoms with van der Waals surface area (Å²) in [6.07, 6.45) is 9.48. The van der Waals surface area contributed by atoms with Gasteiger partial charge in [-0.05, 0) is 91.6 Å². The van der Waals surface area contributed by atoms with Crippen molar-refractivity contribution in [3.05, 3.63) is 70.0 Å². The van der Waals surface area contributed by atoms with E-state index in [1.165, 1.54) is 11.0 Å². The summed E-state index contributed by atoms with van der Waals surface area (Å²) in [5, 5.41) is 32.4. The van der Waals surface area contributed by atoms with Crippen molar-refractivity contribution in [1.29, 1.82) is 0 Å². The van der Waals surface area contributed by atoms with Gasteiger partial charge in [-0.15, -0.1) is 0 Å². The number of likely N-dealkylation sites (tertiary alicyclic amines) is 1. The highest BCUT2D eigenvalue weighted by molar-refractivity contribution is 6.32. The molecule has 1 aromatic carbocycles. The lowest BCUT2D eigenvalue weighted by Crippen LogP contribution is -2.42. The largest absolute Gasteiger partial charge is 0.508 e. The van der Waals surface area contributed by atoms with Crippen LogP contribution in [0.15, 0.2) is 53.7 Å². The summed E-state index contributed by atoms with van der Waals surface area (Å²) in [6.45, 7) is 1.71. The van der Waals surface area contributed by atoms with Gasteiger partial charge in [0.05, 0.1) is 35.3 Å². The van der Waals surface area contributed by atoms with E-state index in [4.69, 9.17) is 11.6 Å². The number of halogens is 1. The van der Waals surface area contributed by atoms with Gasteiger partial charge in [0.15, 0.2) is 0 Å². The van der Waals surface area contributed by atoms with Crippen LogP contribution in [0.2, 0.25) is 5.02 Å². The average molecular weight is 579 g/mol. The first-order valence-electron chi connectivity index (χ1n) is 14.8. The lowest BCUT2D eigenvalue weighted by molar-refractivity contribution is -0.143. The summed E-state index contributed by atoms with van der Waals surface area (Å²) in [7, 11) is 0. The van der Waals surface area contributed by atoms with E-state index in [9.17, 15) is 24.9 Å². The quantitative estimate of drug-likeness (QED) is 0.257. The minimum absolute atomic E-state index is 0.0510. The number of imide groups is 1. The van der Waals surface area contributed by atoms with Gasteiger partial charge < -0.3 is 15.3 Å². The van der Waals surface area contributed by atoms with E-state index in [1.807, 2.05) is 31.2 Å². The third-order valence-electron chi connectivity index (χ3n) is 9.14. The fourth-order valence-corrected chi connectivity index (χ4v) is 7.35. The number of aromatic nitrogens is 1. The zero-order valence-electron chi connectivity index (χ0n) is 23.5. The van der Waals surface area contributed by atoms with E-state index in [1.54, 1.807) is 18.3 Å². The van der Waals surface area contributed by atoms with Crippen molar-refractivity contribution < 1.29 is 24.9 Å². The number of phenols is 1. The number of hydrogen-bond acceptors (Lipinski definition) is 6. The molecule has 1 aromatic heterocycles. The number of pyridine rings is 1. The number of aliphatic hydroxyl groups is 2. The predicted octanol–water partition coefficient (Wildman–Crippen LogP) is 5.78. The Kier molecular flexibility index (Phi) is 9.27. The van der Waals surface area contributed by atoms with Gasteiger partial charge in [0, 0.05) is 18.2 Å². The van der Waals surface area contributed by atoms with Gasteiger partial charge in [-0.1, -0.05) is 49.4 Å². The topological polar surface area (TPSA) is 111 Å². The van der Waals surface area contributed by atoms with E-state index in [2.05, 4.69) is 4.98 Å². The van der Waals surface area contributed by atoms with Gasteiger partial charge in [0.1, 0.15) is 5.75 Å². The lowest BCUT2D eigenvalue weighted by Gasteiger charge is -2.36. The molecule has 3 N–H and O–H groups in total. The third-order valence-corrected chi connectivity index (χ3v) is 9.46. The Morgan fingerprint density at radius 1 is 1.15 bits per heavy atom. The first-order chi connectivity index (χ1) is 19.8. The minimum atomic E-state index is -0.892. The van der Waals surface area contributed by atoms with Crippen LogP contribution in [0.4, 0.5) is 0 Å². The molecule has 8 heteroatoms. The monoisotopic (exact) mass is 578 g/mol. The van der Waals surface area contributed by atoms with E-state index < -0.39 is 23.9 Å². The molecule has 1 saturated heterocycles. The van der Waals surface area contributed by atoms with E-state index >= 15 is 0 Å². The summed E-state index contributed by atoms with van der Waals surface area (Å²) in [5.41, 5.74) is 4.01. The standard InChI is InChI=1S/C33H39ClN2O5/c1-2-20-17-25-31(33(41)36(32(25)40)23-8-4-3-5-9-23)26(19-37)30(20)29(39)14-12-22(28-10-6-7-15-35-28)16-21-11-13-24(38)18-27(21)34/h6-7,10-11,13,15-16,18,23,25-26,29,31,37-39H,2-5,8-9,12,14,17,19H2,1H3/b22-16-/t25-,26+,29-,31-/m1/s1. The number of nitrogens with zero attached hydrogens (tertiary/aromatic N) is 2. The number of fused-ring (bicyclic) bond motifs is 1. The van der Waals surface area contributed by atoms with Crippen LogP contribution < -0.4 is 0 Å². The number of carbonyl (C=O) groups excluding carboxylic acids is 2. The van der Waals surface area contributed by atoms with Gasteiger partial charge in [0.25, 0.3) is 0 Å². The molecule has 5 rings (SSSR count). The van der Waals surface area contributed by atoms with E-state index in [0.29, 0.717) is 36.3 Å². The summed E-state index contributed by atoms with van der Waals surface area (Å²) < 4.78 is 0. The van der Waals surface area contributed by atoms with Crippen molar-refractivity contribution in [3.8, 4) is 5.75 Å². The first kappa shape index (κ1) is 29.5. The zero-order valence-corrected chi connectivity index (χ0v) is 24.3. The molecule has 2 aromatic rings. The van der Waals surface area contributed by atoms with Crippen LogP contribution >= 0.6 is 11.6 Å². The Morgan fingerprint density at radius 2 is 1.93 bits per heavy atom. The van der Waals surface area contributed by atoms with Gasteiger partial charge in [0.2, 0.25) is 11.8 Å². The molecule has 4 atom stereocenters. The van der Waals surface area contributed by atoms with Crippen LogP contribution in [0.1, 0.15) is 76.0 Å². The number of aromatic hydroxyl groups is 1. The van der Waals surface area contributed by atoms with Crippen LogP contribution in [-0.4, -0.2) is 55.8 Å². The molecule has 7 nitrogen and oxygen atoms in total. The second-order valence-electron chi connectivity index (χ2n) is 11.5.